The molecule has 2 saturated heterocycles. The second-order valence-corrected chi connectivity index (χ2v) is 9.68. The quantitative estimate of drug-likeness (QED) is 0.402. The molecule has 7 heteroatoms. The molecule has 4 atom stereocenters. The highest BCUT2D eigenvalue weighted by Crippen LogP contribution is 2.51. The Hall–Kier alpha value is -3.32. The number of nitrogens with one attached hydrogen (secondary N) is 1. The van der Waals surface area contributed by atoms with Crippen LogP contribution < -0.4 is 5.32 Å². The first kappa shape index (κ1) is 23.8. The minimum Gasteiger partial charge on any atom is -0.468 e. The largest absolute Gasteiger partial charge is 0.468 e. The van der Waals surface area contributed by atoms with E-state index in [1.54, 1.807) is 12.1 Å². The van der Waals surface area contributed by atoms with Crippen molar-refractivity contribution in [1.82, 2.24) is 10.2 Å². The summed E-state index contributed by atoms with van der Waals surface area (Å²) < 4.78 is 5.15. The number of ketones is 1. The molecule has 1 N–H and O–H groups in total. The van der Waals surface area contributed by atoms with Crippen molar-refractivity contribution in [3.63, 3.8) is 0 Å². The van der Waals surface area contributed by atoms with Gasteiger partial charge in [0.1, 0.15) is 5.54 Å². The fraction of sp³-hybridized carbons (Fsp3) is 0.407. The van der Waals surface area contributed by atoms with Crippen LogP contribution in [0.3, 0.4) is 0 Å². The maximum Gasteiger partial charge on any atom is 0.326 e. The normalized spacial score (nSPS) is 26.2. The summed E-state index contributed by atoms with van der Waals surface area (Å²) in [7, 11) is 2.79. The number of amides is 2. The summed E-state index contributed by atoms with van der Waals surface area (Å²) in [4.78, 5) is 52.0. The van der Waals surface area contributed by atoms with E-state index < -0.39 is 29.4 Å². The molecule has 0 bridgehead atoms. The summed E-state index contributed by atoms with van der Waals surface area (Å²) in [5, 5.41) is 3.39. The van der Waals surface area contributed by atoms with E-state index in [2.05, 4.69) is 5.32 Å². The topological polar surface area (TPSA) is 92.8 Å². The standard InChI is InChI=1S/C27H30N2O5/c1-15(2)14-27(26(33)34-5)22-21(24(31)29(4)25(22)32)23(28-27)20-12-10-19(11-13-20)18-8-6-17(7-9-18)16(3)30/h6-13,15,21-23,28H,14H2,1-5H3/t21-,22-,23-,27-/m1/s1. The van der Waals surface area contributed by atoms with Gasteiger partial charge in [0.2, 0.25) is 11.8 Å². The highest BCUT2D eigenvalue weighted by Gasteiger charge is 2.68. The smallest absolute Gasteiger partial charge is 0.326 e. The molecule has 2 aromatic carbocycles. The summed E-state index contributed by atoms with van der Waals surface area (Å²) in [6, 6.07) is 14.6. The van der Waals surface area contributed by atoms with Gasteiger partial charge in [0, 0.05) is 18.7 Å². The number of esters is 1. The summed E-state index contributed by atoms with van der Waals surface area (Å²) in [5.41, 5.74) is 2.13. The van der Waals surface area contributed by atoms with Crippen molar-refractivity contribution >= 4 is 23.6 Å². The number of hydrogen-bond donors (Lipinski definition) is 1. The van der Waals surface area contributed by atoms with E-state index >= 15 is 0 Å². The maximum atomic E-state index is 13.1. The van der Waals surface area contributed by atoms with E-state index in [1.165, 1.54) is 21.1 Å². The van der Waals surface area contributed by atoms with E-state index in [0.717, 1.165) is 21.6 Å². The van der Waals surface area contributed by atoms with Crippen LogP contribution >= 0.6 is 0 Å². The summed E-state index contributed by atoms with van der Waals surface area (Å²) in [5.74, 6) is -2.54. The Labute approximate surface area is 199 Å². The zero-order valence-electron chi connectivity index (χ0n) is 20.1. The van der Waals surface area contributed by atoms with E-state index in [1.807, 2.05) is 50.2 Å². The van der Waals surface area contributed by atoms with Crippen LogP contribution in [0.1, 0.15) is 49.2 Å². The molecule has 0 aliphatic carbocycles. The Kier molecular flexibility index (Phi) is 6.16. The van der Waals surface area contributed by atoms with Crippen LogP contribution in [-0.2, 0) is 19.1 Å². The maximum absolute atomic E-state index is 13.1. The van der Waals surface area contributed by atoms with Crippen molar-refractivity contribution in [2.75, 3.05) is 14.2 Å². The van der Waals surface area contributed by atoms with Gasteiger partial charge >= 0.3 is 5.97 Å². The van der Waals surface area contributed by atoms with Crippen LogP contribution in [0.5, 0.6) is 0 Å². The van der Waals surface area contributed by atoms with Crippen molar-refractivity contribution in [1.29, 1.82) is 0 Å². The molecule has 4 rings (SSSR count). The minimum absolute atomic E-state index is 0.0139. The molecule has 0 unspecified atom stereocenters. The zero-order chi connectivity index (χ0) is 24.8. The number of likely N-dealkylation sites (tertiary alicyclic amines) is 1. The van der Waals surface area contributed by atoms with Gasteiger partial charge in [-0.1, -0.05) is 62.4 Å². The van der Waals surface area contributed by atoms with E-state index in [4.69, 9.17) is 4.74 Å². The number of carbonyl (C=O) groups is 4. The lowest BCUT2D eigenvalue weighted by Gasteiger charge is -2.33. The van der Waals surface area contributed by atoms with Crippen LogP contribution in [0, 0.1) is 17.8 Å². The van der Waals surface area contributed by atoms with Crippen LogP contribution in [0.25, 0.3) is 11.1 Å². The lowest BCUT2D eigenvalue weighted by atomic mass is 9.75. The van der Waals surface area contributed by atoms with Gasteiger partial charge in [0.25, 0.3) is 0 Å². The average Bonchev–Trinajstić information content (AvgIpc) is 3.28. The van der Waals surface area contributed by atoms with Crippen molar-refractivity contribution in [2.45, 2.75) is 38.8 Å². The molecule has 0 saturated carbocycles. The molecule has 2 aliphatic heterocycles. The van der Waals surface area contributed by atoms with Gasteiger partial charge in [-0.3, -0.25) is 29.4 Å². The predicted octanol–water partition coefficient (Wildman–Crippen LogP) is 3.39. The van der Waals surface area contributed by atoms with Crippen LogP contribution in [-0.4, -0.2) is 48.2 Å². The molecule has 0 radical (unpaired) electrons. The summed E-state index contributed by atoms with van der Waals surface area (Å²) in [6.45, 7) is 5.49. The Morgan fingerprint density at radius 2 is 1.56 bits per heavy atom. The molecule has 0 spiro atoms. The number of fused-ring (bicyclic) bond motifs is 1. The van der Waals surface area contributed by atoms with E-state index in [9.17, 15) is 19.2 Å². The minimum atomic E-state index is -1.27. The van der Waals surface area contributed by atoms with Crippen molar-refractivity contribution in [2.24, 2.45) is 17.8 Å². The molecule has 0 aromatic heterocycles. The Morgan fingerprint density at radius 1 is 1.00 bits per heavy atom. The number of ether oxygens (including phenoxy) is 1. The van der Waals surface area contributed by atoms with Gasteiger partial charge < -0.3 is 4.74 Å². The highest BCUT2D eigenvalue weighted by atomic mass is 16.5. The third-order valence-electron chi connectivity index (χ3n) is 7.05. The molecule has 2 aliphatic rings. The van der Waals surface area contributed by atoms with Crippen LogP contribution in [0.4, 0.5) is 0 Å². The number of Topliss-reactive ketones (excluding diaryl/α,β-unsaturated/α-hetero) is 1. The van der Waals surface area contributed by atoms with Gasteiger partial charge in [-0.05, 0) is 36.0 Å². The molecule has 34 heavy (non-hydrogen) atoms. The fourth-order valence-corrected chi connectivity index (χ4v) is 5.50. The summed E-state index contributed by atoms with van der Waals surface area (Å²) in [6.07, 6.45) is 0.380. The first-order valence-electron chi connectivity index (χ1n) is 11.5. The zero-order valence-corrected chi connectivity index (χ0v) is 20.1. The fourth-order valence-electron chi connectivity index (χ4n) is 5.50. The predicted molar refractivity (Wildman–Crippen MR) is 127 cm³/mol. The number of nitrogens with zero attached hydrogens (tertiary/aromatic N) is 1. The SMILES string of the molecule is COC(=O)[C@]1(CC(C)C)N[C@H](c2ccc(-c3ccc(C(C)=O)cc3)cc2)[C@@H]2C(=O)N(C)C(=O)[C@@H]21. The van der Waals surface area contributed by atoms with Gasteiger partial charge in [-0.15, -0.1) is 0 Å². The van der Waals surface area contributed by atoms with Crippen molar-refractivity contribution in [3.8, 4) is 11.1 Å². The van der Waals surface area contributed by atoms with Gasteiger partial charge in [-0.25, -0.2) is 0 Å². The first-order valence-corrected chi connectivity index (χ1v) is 11.5. The lowest BCUT2D eigenvalue weighted by Crippen LogP contribution is -2.56. The summed E-state index contributed by atoms with van der Waals surface area (Å²) >= 11 is 0. The Bertz CT molecular complexity index is 1140. The number of rotatable bonds is 6. The number of carbonyl (C=O) groups excluding carboxylic acids is 4. The van der Waals surface area contributed by atoms with E-state index in [0.29, 0.717) is 12.0 Å². The van der Waals surface area contributed by atoms with Crippen molar-refractivity contribution in [3.05, 3.63) is 59.7 Å². The van der Waals surface area contributed by atoms with Gasteiger partial charge in [-0.2, -0.15) is 0 Å². The number of imide groups is 1. The first-order chi connectivity index (χ1) is 16.1. The molecule has 7 nitrogen and oxygen atoms in total. The average molecular weight is 463 g/mol. The molecule has 2 amide bonds. The second kappa shape index (κ2) is 8.80. The van der Waals surface area contributed by atoms with E-state index in [-0.39, 0.29) is 23.5 Å². The monoisotopic (exact) mass is 462 g/mol. The Balaban J connectivity index is 1.72. The third kappa shape index (κ3) is 3.74. The van der Waals surface area contributed by atoms with Crippen LogP contribution in [0.2, 0.25) is 0 Å². The van der Waals surface area contributed by atoms with Crippen molar-refractivity contribution < 1.29 is 23.9 Å². The molecule has 2 aromatic rings. The number of benzene rings is 2. The molecular formula is C27H30N2O5. The van der Waals surface area contributed by atoms with Gasteiger partial charge in [0.05, 0.1) is 18.9 Å². The second-order valence-electron chi connectivity index (χ2n) is 9.68. The third-order valence-corrected chi connectivity index (χ3v) is 7.05. The number of hydrogen-bond acceptors (Lipinski definition) is 6. The van der Waals surface area contributed by atoms with Gasteiger partial charge in [0.15, 0.2) is 5.78 Å². The highest BCUT2D eigenvalue weighted by molar-refractivity contribution is 6.09. The molecule has 2 fully saturated rings. The lowest BCUT2D eigenvalue weighted by molar-refractivity contribution is -0.154. The number of methoxy groups -OCH3 is 1. The Morgan fingerprint density at radius 3 is 2.06 bits per heavy atom. The molecule has 2 heterocycles. The molecular weight excluding hydrogens is 432 g/mol. The molecule has 178 valence electrons. The van der Waals surface area contributed by atoms with Crippen LogP contribution in [0.15, 0.2) is 48.5 Å².